The number of hydrogen-bond donors (Lipinski definition) is 1. The van der Waals surface area contributed by atoms with Gasteiger partial charge in [-0.15, -0.1) is 18.3 Å². The van der Waals surface area contributed by atoms with Crippen LogP contribution < -0.4 is 19.7 Å². The Morgan fingerprint density at radius 1 is 1.02 bits per heavy atom. The standard InChI is InChI=1S/C38H46F3N7O4Si/c1-8-53(9-2,37(4,5)6)51-21-17-30-32(22-26(3)43-35(30)44-31-15-12-28(24-42)23-33(31)52-38(39,40)41)48-18-16-34(45-48)47-20-19-46(36(47)49)25-27-10-13-29(50-7)14-11-27/h10-16,18,22-23H,8-9,17,19-21,25H2,1-7H3,(H,43,44). The summed E-state index contributed by atoms with van der Waals surface area (Å²) in [6.07, 6.45) is -2.88. The van der Waals surface area contributed by atoms with Crippen LogP contribution in [0.25, 0.3) is 5.69 Å². The molecule has 2 aromatic carbocycles. The van der Waals surface area contributed by atoms with E-state index in [1.54, 1.807) is 40.8 Å². The molecule has 0 spiro atoms. The molecule has 0 atom stereocenters. The van der Waals surface area contributed by atoms with E-state index in [4.69, 9.17) is 19.2 Å². The van der Waals surface area contributed by atoms with Gasteiger partial charge in [0.15, 0.2) is 19.9 Å². The lowest BCUT2D eigenvalue weighted by Crippen LogP contribution is -2.46. The summed E-state index contributed by atoms with van der Waals surface area (Å²) in [4.78, 5) is 21.6. The van der Waals surface area contributed by atoms with Gasteiger partial charge in [0, 0.05) is 62.2 Å². The number of methoxy groups -OCH3 is 1. The molecule has 1 aliphatic rings. The number of aromatic nitrogens is 3. The molecule has 282 valence electrons. The average molecular weight is 750 g/mol. The molecule has 0 aliphatic carbocycles. The second-order valence-corrected chi connectivity index (χ2v) is 19.2. The van der Waals surface area contributed by atoms with Crippen LogP contribution in [0.2, 0.25) is 17.1 Å². The van der Waals surface area contributed by atoms with Gasteiger partial charge < -0.3 is 24.1 Å². The third kappa shape index (κ3) is 8.94. The van der Waals surface area contributed by atoms with E-state index in [9.17, 15) is 23.2 Å². The van der Waals surface area contributed by atoms with E-state index >= 15 is 0 Å². The molecule has 2 aromatic heterocycles. The van der Waals surface area contributed by atoms with Gasteiger partial charge in [0.1, 0.15) is 11.6 Å². The van der Waals surface area contributed by atoms with Crippen molar-refractivity contribution in [3.63, 3.8) is 0 Å². The van der Waals surface area contributed by atoms with Gasteiger partial charge in [-0.1, -0.05) is 46.8 Å². The molecule has 2 amide bonds. The average Bonchev–Trinajstić information content (AvgIpc) is 3.74. The first-order chi connectivity index (χ1) is 25.1. The third-order valence-electron chi connectivity index (χ3n) is 9.78. The molecule has 11 nitrogen and oxygen atoms in total. The van der Waals surface area contributed by atoms with Crippen LogP contribution in [0.15, 0.2) is 60.8 Å². The maximum atomic E-state index is 13.5. The number of aryl methyl sites for hydroxylation is 1. The van der Waals surface area contributed by atoms with Crippen molar-refractivity contribution < 1.29 is 31.9 Å². The highest BCUT2D eigenvalue weighted by molar-refractivity contribution is 6.76. The SMILES string of the molecule is CC[Si](CC)(OCCc1c(-n2ccc(N3CCN(Cc4ccc(OC)cc4)C3=O)n2)cc(C)nc1Nc1ccc(C#N)cc1OC(F)(F)F)C(C)(C)C. The molecule has 3 heterocycles. The van der Waals surface area contributed by atoms with Crippen LogP contribution in [-0.4, -0.2) is 67.2 Å². The maximum Gasteiger partial charge on any atom is 0.573 e. The highest BCUT2D eigenvalue weighted by atomic mass is 28.4. The minimum Gasteiger partial charge on any atom is -0.497 e. The molecule has 5 rings (SSSR count). The van der Waals surface area contributed by atoms with Gasteiger partial charge in [-0.25, -0.2) is 14.5 Å². The van der Waals surface area contributed by atoms with Gasteiger partial charge in [0.2, 0.25) is 0 Å². The summed E-state index contributed by atoms with van der Waals surface area (Å²) in [5.74, 6) is 0.925. The molecule has 1 saturated heterocycles. The molecule has 0 bridgehead atoms. The van der Waals surface area contributed by atoms with Crippen molar-refractivity contribution in [1.82, 2.24) is 19.7 Å². The van der Waals surface area contributed by atoms with Crippen molar-refractivity contribution in [2.24, 2.45) is 0 Å². The van der Waals surface area contributed by atoms with Gasteiger partial charge >= 0.3 is 12.4 Å². The van der Waals surface area contributed by atoms with E-state index in [0.717, 1.165) is 29.5 Å². The van der Waals surface area contributed by atoms with Crippen LogP contribution in [-0.2, 0) is 17.4 Å². The normalized spacial score (nSPS) is 13.7. The summed E-state index contributed by atoms with van der Waals surface area (Å²) in [6, 6.07) is 18.5. The van der Waals surface area contributed by atoms with Crippen molar-refractivity contribution in [3.05, 3.63) is 83.2 Å². The first kappa shape index (κ1) is 39.1. The lowest BCUT2D eigenvalue weighted by Gasteiger charge is -2.41. The lowest BCUT2D eigenvalue weighted by molar-refractivity contribution is -0.274. The zero-order valence-electron chi connectivity index (χ0n) is 31.2. The van der Waals surface area contributed by atoms with Crippen molar-refractivity contribution in [3.8, 4) is 23.3 Å². The smallest absolute Gasteiger partial charge is 0.497 e. The fraction of sp³-hybridized carbons (Fsp3) is 0.421. The Kier molecular flexibility index (Phi) is 11.7. The number of benzene rings is 2. The first-order valence-electron chi connectivity index (χ1n) is 17.6. The van der Waals surface area contributed by atoms with E-state index in [2.05, 4.69) is 44.7 Å². The van der Waals surface area contributed by atoms with Crippen molar-refractivity contribution in [2.75, 3.05) is 37.0 Å². The zero-order chi connectivity index (χ0) is 38.6. The Balaban J connectivity index is 1.50. The van der Waals surface area contributed by atoms with Crippen LogP contribution in [0.3, 0.4) is 0 Å². The third-order valence-corrected chi connectivity index (χ3v) is 15.6. The Labute approximate surface area is 309 Å². The van der Waals surface area contributed by atoms with Gasteiger partial charge in [0.05, 0.1) is 30.1 Å². The predicted octanol–water partition coefficient (Wildman–Crippen LogP) is 8.88. The molecule has 0 radical (unpaired) electrons. The molecule has 0 unspecified atom stereocenters. The minimum absolute atomic E-state index is 0.00650. The number of nitriles is 1. The number of nitrogens with one attached hydrogen (secondary N) is 1. The number of carbonyl (C=O) groups excluding carboxylic acids is 1. The van der Waals surface area contributed by atoms with Gasteiger partial charge in [-0.2, -0.15) is 5.26 Å². The highest BCUT2D eigenvalue weighted by Crippen LogP contribution is 2.42. The van der Waals surface area contributed by atoms with Gasteiger partial charge in [0.25, 0.3) is 0 Å². The molecule has 4 aromatic rings. The number of ether oxygens (including phenoxy) is 2. The number of pyridine rings is 1. The summed E-state index contributed by atoms with van der Waals surface area (Å²) in [5, 5.41) is 17.2. The van der Waals surface area contributed by atoms with Crippen LogP contribution in [0.1, 0.15) is 57.0 Å². The van der Waals surface area contributed by atoms with E-state index in [-0.39, 0.29) is 28.1 Å². The monoisotopic (exact) mass is 749 g/mol. The summed E-state index contributed by atoms with van der Waals surface area (Å²) in [7, 11) is -0.594. The number of nitrogens with zero attached hydrogens (tertiary/aromatic N) is 6. The quantitative estimate of drug-likeness (QED) is 0.127. The number of alkyl halides is 3. The van der Waals surface area contributed by atoms with Crippen molar-refractivity contribution in [1.29, 1.82) is 5.26 Å². The molecule has 53 heavy (non-hydrogen) atoms. The number of hydrogen-bond acceptors (Lipinski definition) is 8. The molecule has 1 N–H and O–H groups in total. The second kappa shape index (κ2) is 15.9. The summed E-state index contributed by atoms with van der Waals surface area (Å²) < 4.78 is 58.5. The molecular formula is C38H46F3N7O4Si. The molecule has 15 heteroatoms. The minimum atomic E-state index is -4.99. The Hall–Kier alpha value is -5.07. The second-order valence-electron chi connectivity index (χ2n) is 14.0. The number of halogens is 3. The number of urea groups is 1. The van der Waals surface area contributed by atoms with Crippen molar-refractivity contribution in [2.45, 2.75) is 78.0 Å². The lowest BCUT2D eigenvalue weighted by atomic mass is 10.1. The Morgan fingerprint density at radius 3 is 2.36 bits per heavy atom. The fourth-order valence-electron chi connectivity index (χ4n) is 6.83. The van der Waals surface area contributed by atoms with Gasteiger partial charge in [-0.05, 0) is 59.9 Å². The number of anilines is 3. The molecule has 0 saturated carbocycles. The van der Waals surface area contributed by atoms with Crippen LogP contribution in [0.5, 0.6) is 11.5 Å². The number of carbonyl (C=O) groups is 1. The molecule has 1 aliphatic heterocycles. The topological polar surface area (TPSA) is 118 Å². The van der Waals surface area contributed by atoms with Crippen LogP contribution in [0.4, 0.5) is 35.3 Å². The predicted molar refractivity (Wildman–Crippen MR) is 199 cm³/mol. The Morgan fingerprint density at radius 2 is 1.74 bits per heavy atom. The van der Waals surface area contributed by atoms with Crippen LogP contribution >= 0.6 is 0 Å². The molecule has 1 fully saturated rings. The zero-order valence-corrected chi connectivity index (χ0v) is 32.2. The fourth-order valence-corrected chi connectivity index (χ4v) is 10.8. The summed E-state index contributed by atoms with van der Waals surface area (Å²) >= 11 is 0. The van der Waals surface area contributed by atoms with E-state index < -0.39 is 20.4 Å². The van der Waals surface area contributed by atoms with E-state index in [1.807, 2.05) is 36.4 Å². The number of rotatable bonds is 14. The van der Waals surface area contributed by atoms with Crippen molar-refractivity contribution >= 4 is 31.7 Å². The summed E-state index contributed by atoms with van der Waals surface area (Å²) in [5.41, 5.74) is 2.80. The first-order valence-corrected chi connectivity index (χ1v) is 19.9. The highest BCUT2D eigenvalue weighted by Gasteiger charge is 2.43. The van der Waals surface area contributed by atoms with Crippen LogP contribution in [0, 0.1) is 18.3 Å². The Bertz CT molecular complexity index is 1950. The van der Waals surface area contributed by atoms with Gasteiger partial charge in [-0.3, -0.25) is 4.90 Å². The maximum absolute atomic E-state index is 13.5. The van der Waals surface area contributed by atoms with E-state index in [0.29, 0.717) is 55.4 Å². The van der Waals surface area contributed by atoms with E-state index in [1.165, 1.54) is 12.1 Å². The number of amides is 2. The summed E-state index contributed by atoms with van der Waals surface area (Å²) in [6.45, 7) is 14.4. The molecular weight excluding hydrogens is 704 g/mol. The largest absolute Gasteiger partial charge is 0.573 e.